The van der Waals surface area contributed by atoms with Gasteiger partial charge in [0.2, 0.25) is 0 Å². The van der Waals surface area contributed by atoms with Crippen molar-refractivity contribution in [3.05, 3.63) is 71.4 Å². The van der Waals surface area contributed by atoms with Crippen molar-refractivity contribution in [3.63, 3.8) is 0 Å². The van der Waals surface area contributed by atoms with E-state index in [2.05, 4.69) is 15.3 Å². The number of anilines is 3. The van der Waals surface area contributed by atoms with Gasteiger partial charge in [-0.25, -0.2) is 9.97 Å². The molecule has 0 radical (unpaired) electrons. The van der Waals surface area contributed by atoms with E-state index < -0.39 is 0 Å². The molecule has 0 bridgehead atoms. The normalized spacial score (nSPS) is 10.7. The highest BCUT2D eigenvalue weighted by Crippen LogP contribution is 2.24. The zero-order chi connectivity index (χ0) is 19.2. The van der Waals surface area contributed by atoms with Crippen molar-refractivity contribution in [1.29, 1.82) is 5.41 Å². The quantitative estimate of drug-likeness (QED) is 0.268. The summed E-state index contributed by atoms with van der Waals surface area (Å²) < 4.78 is 0. The zero-order valence-corrected chi connectivity index (χ0v) is 14.8. The maximum absolute atomic E-state index is 10.5. The van der Waals surface area contributed by atoms with Crippen molar-refractivity contribution in [2.45, 2.75) is 6.92 Å². The van der Waals surface area contributed by atoms with Crippen molar-refractivity contribution in [3.8, 4) is 11.4 Å². The lowest BCUT2D eigenvalue weighted by Crippen LogP contribution is -2.01. The summed E-state index contributed by atoms with van der Waals surface area (Å²) in [5.74, 6) is 1.25. The summed E-state index contributed by atoms with van der Waals surface area (Å²) in [6, 6.07) is 13.0. The monoisotopic (exact) mass is 357 g/mol. The zero-order valence-electron chi connectivity index (χ0n) is 14.8. The molecule has 1 aromatic heterocycles. The molecule has 0 fully saturated rings. The minimum atomic E-state index is 0.552. The van der Waals surface area contributed by atoms with Gasteiger partial charge in [0.15, 0.2) is 5.82 Å². The fourth-order valence-electron chi connectivity index (χ4n) is 2.55. The van der Waals surface area contributed by atoms with Crippen molar-refractivity contribution in [1.82, 2.24) is 9.97 Å². The number of nitrogens with two attached hydrogens (primary N) is 1. The first-order valence-electron chi connectivity index (χ1n) is 8.33. The average molecular weight is 357 g/mol. The van der Waals surface area contributed by atoms with Crippen LogP contribution in [0.3, 0.4) is 0 Å². The lowest BCUT2D eigenvalue weighted by atomic mass is 10.1. The summed E-state index contributed by atoms with van der Waals surface area (Å²) in [6.45, 7) is 1.92. The molecule has 0 saturated heterocycles. The molecule has 134 valence electrons. The van der Waals surface area contributed by atoms with Crippen LogP contribution in [0.25, 0.3) is 17.5 Å². The van der Waals surface area contributed by atoms with Crippen LogP contribution in [-0.4, -0.2) is 22.5 Å². The van der Waals surface area contributed by atoms with Gasteiger partial charge in [0, 0.05) is 40.5 Å². The number of nitrogens with one attached hydrogen (secondary N) is 2. The number of carbonyl (C=O) groups excluding carboxylic acids is 1. The molecule has 2 aromatic carbocycles. The van der Waals surface area contributed by atoms with Gasteiger partial charge >= 0.3 is 0 Å². The van der Waals surface area contributed by atoms with E-state index in [0.717, 1.165) is 28.7 Å². The molecule has 0 amide bonds. The summed E-state index contributed by atoms with van der Waals surface area (Å²) in [5.41, 5.74) is 10.5. The van der Waals surface area contributed by atoms with Crippen molar-refractivity contribution in [2.24, 2.45) is 0 Å². The molecule has 4 N–H and O–H groups in total. The first-order chi connectivity index (χ1) is 13.1. The Morgan fingerprint density at radius 1 is 1.19 bits per heavy atom. The Morgan fingerprint density at radius 3 is 2.81 bits per heavy atom. The first kappa shape index (κ1) is 18.0. The van der Waals surface area contributed by atoms with Crippen LogP contribution in [-0.2, 0) is 4.79 Å². The van der Waals surface area contributed by atoms with Gasteiger partial charge in [-0.2, -0.15) is 0 Å². The van der Waals surface area contributed by atoms with Gasteiger partial charge in [-0.1, -0.05) is 24.3 Å². The van der Waals surface area contributed by atoms with E-state index in [0.29, 0.717) is 22.9 Å². The third-order valence-electron chi connectivity index (χ3n) is 3.99. The predicted molar refractivity (Wildman–Crippen MR) is 109 cm³/mol. The molecule has 3 aromatic rings. The van der Waals surface area contributed by atoms with Gasteiger partial charge in [-0.15, -0.1) is 0 Å². The van der Waals surface area contributed by atoms with Crippen molar-refractivity contribution in [2.75, 3.05) is 11.1 Å². The van der Waals surface area contributed by atoms with Crippen molar-refractivity contribution >= 4 is 35.8 Å². The molecule has 0 aliphatic heterocycles. The van der Waals surface area contributed by atoms with Crippen LogP contribution in [0.2, 0.25) is 0 Å². The van der Waals surface area contributed by atoms with Crippen LogP contribution in [0.1, 0.15) is 16.7 Å². The molecule has 3 rings (SSSR count). The van der Waals surface area contributed by atoms with Crippen LogP contribution >= 0.6 is 0 Å². The second-order valence-electron chi connectivity index (χ2n) is 5.96. The molecule has 0 unspecified atom stereocenters. The Morgan fingerprint density at radius 2 is 2.04 bits per heavy atom. The van der Waals surface area contributed by atoms with E-state index in [9.17, 15) is 4.79 Å². The Kier molecular flexibility index (Phi) is 5.37. The number of hydrogen-bond donors (Lipinski definition) is 3. The van der Waals surface area contributed by atoms with Gasteiger partial charge in [0.1, 0.15) is 12.1 Å². The summed E-state index contributed by atoms with van der Waals surface area (Å²) in [7, 11) is 0. The van der Waals surface area contributed by atoms with E-state index in [1.54, 1.807) is 24.4 Å². The average Bonchev–Trinajstić information content (AvgIpc) is 2.69. The van der Waals surface area contributed by atoms with Gasteiger partial charge in [-0.05, 0) is 42.8 Å². The number of carbonyl (C=O) groups is 1. The Balaban J connectivity index is 1.94. The molecule has 6 heteroatoms. The van der Waals surface area contributed by atoms with E-state index in [4.69, 9.17) is 11.1 Å². The molecular formula is C21H19N5O. The van der Waals surface area contributed by atoms with E-state index in [1.165, 1.54) is 12.3 Å². The Bertz CT molecular complexity index is 1030. The highest BCUT2D eigenvalue weighted by Gasteiger charge is 2.08. The highest BCUT2D eigenvalue weighted by molar-refractivity contribution is 5.87. The molecule has 0 spiro atoms. The molecule has 0 aliphatic rings. The predicted octanol–water partition coefficient (Wildman–Crippen LogP) is 3.99. The van der Waals surface area contributed by atoms with Crippen LogP contribution < -0.4 is 11.1 Å². The van der Waals surface area contributed by atoms with E-state index >= 15 is 0 Å². The number of hydrogen-bond acceptors (Lipinski definition) is 6. The summed E-state index contributed by atoms with van der Waals surface area (Å²) in [5, 5.41) is 10.7. The maximum atomic E-state index is 10.5. The second kappa shape index (κ2) is 8.05. The number of aryl methyl sites for hydroxylation is 1. The lowest BCUT2D eigenvalue weighted by molar-refractivity contribution is -0.104. The Hall–Kier alpha value is -3.80. The van der Waals surface area contributed by atoms with Crippen molar-refractivity contribution < 1.29 is 4.79 Å². The molecular weight excluding hydrogens is 338 g/mol. The topological polar surface area (TPSA) is 105 Å². The maximum Gasteiger partial charge on any atom is 0.161 e. The van der Waals surface area contributed by atoms with Crippen LogP contribution in [0.4, 0.5) is 17.2 Å². The number of nitrogen functional groups attached to an aromatic ring is 1. The number of benzene rings is 2. The fraction of sp³-hybridized carbons (Fsp3) is 0.0476. The smallest absolute Gasteiger partial charge is 0.161 e. The highest BCUT2D eigenvalue weighted by atomic mass is 16.1. The second-order valence-corrected chi connectivity index (χ2v) is 5.96. The van der Waals surface area contributed by atoms with Gasteiger partial charge in [0.25, 0.3) is 0 Å². The number of nitrogens with zero attached hydrogens (tertiary/aromatic N) is 2. The number of aromatic nitrogens is 2. The molecule has 1 heterocycles. The summed E-state index contributed by atoms with van der Waals surface area (Å²) >= 11 is 0. The van der Waals surface area contributed by atoms with Gasteiger partial charge < -0.3 is 16.5 Å². The molecule has 0 saturated carbocycles. The van der Waals surface area contributed by atoms with E-state index in [1.807, 2.05) is 37.3 Å². The largest absolute Gasteiger partial charge is 0.398 e. The van der Waals surface area contributed by atoms with Gasteiger partial charge in [0.05, 0.1) is 0 Å². The third kappa shape index (κ3) is 4.24. The lowest BCUT2D eigenvalue weighted by Gasteiger charge is -2.11. The summed E-state index contributed by atoms with van der Waals surface area (Å²) in [6.07, 6.45) is 6.90. The third-order valence-corrected chi connectivity index (χ3v) is 3.99. The first-order valence-corrected chi connectivity index (χ1v) is 8.33. The number of allylic oxidation sites excluding steroid dienone is 1. The minimum absolute atomic E-state index is 0.552. The molecule has 6 nitrogen and oxygen atoms in total. The molecule has 0 aliphatic carbocycles. The van der Waals surface area contributed by atoms with Crippen LogP contribution in [0.5, 0.6) is 0 Å². The number of aldehydes is 1. The standard InChI is InChI=1S/C21H19N5O/c1-14-13-24-21(16-6-2-4-15(10-16)5-3-9-27)26-20(14)25-18-7-8-19(23)17(11-18)12-22/h2-13,22H,23H2,1H3,(H,24,25,26)/b5-3+,22-12?. The SMILES string of the molecule is Cc1cnc(-c2cccc(/C=C/C=O)c2)nc1Nc1ccc(N)c(C=N)c1. The Labute approximate surface area is 157 Å². The van der Waals surface area contributed by atoms with Crippen LogP contribution in [0, 0.1) is 12.3 Å². The summed E-state index contributed by atoms with van der Waals surface area (Å²) in [4.78, 5) is 19.6. The minimum Gasteiger partial charge on any atom is -0.398 e. The molecule has 0 atom stereocenters. The fourth-order valence-corrected chi connectivity index (χ4v) is 2.55. The van der Waals surface area contributed by atoms with Gasteiger partial charge in [-0.3, -0.25) is 4.79 Å². The van der Waals surface area contributed by atoms with Crippen LogP contribution in [0.15, 0.2) is 54.7 Å². The molecule has 27 heavy (non-hydrogen) atoms. The number of rotatable bonds is 6. The van der Waals surface area contributed by atoms with E-state index in [-0.39, 0.29) is 0 Å².